The van der Waals surface area contributed by atoms with Crippen molar-refractivity contribution in [3.05, 3.63) is 74.8 Å². The number of pyridine rings is 1. The Kier molecular flexibility index (Phi) is 3.39. The molecule has 1 aliphatic carbocycles. The Balaban J connectivity index is 2.04. The molecule has 2 aromatic rings. The molecule has 2 aliphatic rings. The molecule has 1 saturated carbocycles. The molecule has 4 rings (SSSR count). The normalized spacial score (nSPS) is 19.2. The van der Waals surface area contributed by atoms with E-state index >= 15 is 0 Å². The van der Waals surface area contributed by atoms with Crippen LogP contribution in [0.2, 0.25) is 0 Å². The fourth-order valence-corrected chi connectivity index (χ4v) is 3.47. The van der Waals surface area contributed by atoms with Crippen molar-refractivity contribution < 1.29 is 9.13 Å². The third kappa shape index (κ3) is 2.31. The average molecular weight is 337 g/mol. The van der Waals surface area contributed by atoms with Gasteiger partial charge in [0.1, 0.15) is 23.2 Å². The van der Waals surface area contributed by atoms with Gasteiger partial charge < -0.3 is 15.0 Å². The molecular formula is C19H16FN3O2. The summed E-state index contributed by atoms with van der Waals surface area (Å²) in [4.78, 5) is 13.2. The van der Waals surface area contributed by atoms with E-state index in [1.165, 1.54) is 6.07 Å². The molecule has 2 heterocycles. The van der Waals surface area contributed by atoms with E-state index in [1.54, 1.807) is 28.8 Å². The van der Waals surface area contributed by atoms with Crippen molar-refractivity contribution in [3.8, 4) is 11.8 Å². The molecule has 5 nitrogen and oxygen atoms in total. The van der Waals surface area contributed by atoms with Crippen molar-refractivity contribution in [2.45, 2.75) is 31.7 Å². The molecule has 2 N–H and O–H groups in total. The highest BCUT2D eigenvalue weighted by Gasteiger charge is 2.37. The average Bonchev–Trinajstić information content (AvgIpc) is 3.39. The summed E-state index contributed by atoms with van der Waals surface area (Å²) < 4.78 is 21.7. The number of aromatic nitrogens is 1. The Labute approximate surface area is 143 Å². The lowest BCUT2D eigenvalue weighted by atomic mass is 9.83. The lowest BCUT2D eigenvalue weighted by molar-refractivity contribution is 0.387. The molecule has 1 aromatic carbocycles. The number of hydrogen-bond acceptors (Lipinski definition) is 4. The van der Waals surface area contributed by atoms with E-state index in [2.05, 4.69) is 0 Å². The van der Waals surface area contributed by atoms with Gasteiger partial charge in [-0.3, -0.25) is 4.79 Å². The van der Waals surface area contributed by atoms with Crippen molar-refractivity contribution in [3.63, 3.8) is 0 Å². The summed E-state index contributed by atoms with van der Waals surface area (Å²) in [5, 5.41) is 9.55. The van der Waals surface area contributed by atoms with Gasteiger partial charge in [0, 0.05) is 23.4 Å². The lowest BCUT2D eigenvalue weighted by Crippen LogP contribution is -2.32. The summed E-state index contributed by atoms with van der Waals surface area (Å²) in [6, 6.07) is 10.0. The van der Waals surface area contributed by atoms with E-state index in [1.807, 2.05) is 13.0 Å². The van der Waals surface area contributed by atoms with Crippen LogP contribution in [0.4, 0.5) is 4.39 Å². The molecule has 6 heteroatoms. The van der Waals surface area contributed by atoms with Crippen molar-refractivity contribution in [2.75, 3.05) is 0 Å². The smallest absolute Gasteiger partial charge is 0.258 e. The summed E-state index contributed by atoms with van der Waals surface area (Å²) in [6.45, 7) is 1.83. The predicted octanol–water partition coefficient (Wildman–Crippen LogP) is 2.85. The predicted molar refractivity (Wildman–Crippen MR) is 89.4 cm³/mol. The number of rotatable bonds is 2. The number of halogens is 1. The molecule has 1 atom stereocenters. The number of fused-ring (bicyclic) bond motifs is 1. The third-order valence-electron chi connectivity index (χ3n) is 4.75. The first kappa shape index (κ1) is 15.5. The van der Waals surface area contributed by atoms with Crippen LogP contribution in [0.25, 0.3) is 0 Å². The summed E-state index contributed by atoms with van der Waals surface area (Å²) in [6.07, 6.45) is 1.88. The van der Waals surface area contributed by atoms with E-state index in [0.29, 0.717) is 5.75 Å². The van der Waals surface area contributed by atoms with E-state index < -0.39 is 11.7 Å². The van der Waals surface area contributed by atoms with Gasteiger partial charge in [-0.25, -0.2) is 4.39 Å². The Morgan fingerprint density at radius 1 is 1.36 bits per heavy atom. The molecular weight excluding hydrogens is 321 g/mol. The summed E-state index contributed by atoms with van der Waals surface area (Å²) in [5.74, 6) is -1.15. The Morgan fingerprint density at radius 2 is 2.08 bits per heavy atom. The maximum absolute atomic E-state index is 14.5. The molecule has 0 radical (unpaired) electrons. The molecule has 126 valence electrons. The Hall–Kier alpha value is -3.07. The standard InChI is InChI=1S/C19H16FN3O2/c1-10-8-15-17(19(24)23(10)11-6-7-11)16(13(9-21)18(22)25-15)12-4-2-3-5-14(12)20/h2-5,8,11,16H,6-7,22H2,1H3/t16-/m0/s1. The van der Waals surface area contributed by atoms with E-state index in [0.717, 1.165) is 18.5 Å². The largest absolute Gasteiger partial charge is 0.440 e. The van der Waals surface area contributed by atoms with Crippen LogP contribution in [-0.2, 0) is 0 Å². The SMILES string of the molecule is Cc1cc2c(c(=O)n1C1CC1)[C@@H](c1ccccc1F)C(C#N)=C(N)O2. The van der Waals surface area contributed by atoms with Gasteiger partial charge in [-0.05, 0) is 25.8 Å². The van der Waals surface area contributed by atoms with E-state index in [-0.39, 0.29) is 34.2 Å². The van der Waals surface area contributed by atoms with Crippen molar-refractivity contribution in [2.24, 2.45) is 5.73 Å². The number of benzene rings is 1. The second kappa shape index (κ2) is 5.49. The summed E-state index contributed by atoms with van der Waals surface area (Å²) >= 11 is 0. The number of nitriles is 1. The van der Waals surface area contributed by atoms with Crippen LogP contribution in [-0.4, -0.2) is 4.57 Å². The van der Waals surface area contributed by atoms with Crippen molar-refractivity contribution in [1.29, 1.82) is 5.26 Å². The molecule has 0 saturated heterocycles. The molecule has 1 fully saturated rings. The first-order chi connectivity index (χ1) is 12.0. The highest BCUT2D eigenvalue weighted by Crippen LogP contribution is 2.43. The van der Waals surface area contributed by atoms with Crippen LogP contribution in [0.3, 0.4) is 0 Å². The zero-order valence-corrected chi connectivity index (χ0v) is 13.6. The summed E-state index contributed by atoms with van der Waals surface area (Å²) in [5.41, 5.74) is 7.00. The Morgan fingerprint density at radius 3 is 2.72 bits per heavy atom. The highest BCUT2D eigenvalue weighted by atomic mass is 19.1. The fourth-order valence-electron chi connectivity index (χ4n) is 3.47. The van der Waals surface area contributed by atoms with Gasteiger partial charge in [-0.1, -0.05) is 18.2 Å². The van der Waals surface area contributed by atoms with Gasteiger partial charge in [-0.2, -0.15) is 5.26 Å². The first-order valence-corrected chi connectivity index (χ1v) is 8.11. The van der Waals surface area contributed by atoms with Gasteiger partial charge in [0.15, 0.2) is 0 Å². The van der Waals surface area contributed by atoms with E-state index in [4.69, 9.17) is 10.5 Å². The zero-order chi connectivity index (χ0) is 17.7. The lowest BCUT2D eigenvalue weighted by Gasteiger charge is -2.27. The number of hydrogen-bond donors (Lipinski definition) is 1. The molecule has 1 aromatic heterocycles. The second-order valence-corrected chi connectivity index (χ2v) is 6.42. The highest BCUT2D eigenvalue weighted by molar-refractivity contribution is 5.55. The Bertz CT molecular complexity index is 1010. The third-order valence-corrected chi connectivity index (χ3v) is 4.75. The molecule has 0 spiro atoms. The van der Waals surface area contributed by atoms with Crippen molar-refractivity contribution >= 4 is 0 Å². The quantitative estimate of drug-likeness (QED) is 0.914. The van der Waals surface area contributed by atoms with Gasteiger partial charge in [0.25, 0.3) is 5.56 Å². The maximum Gasteiger partial charge on any atom is 0.258 e. The van der Waals surface area contributed by atoms with E-state index in [9.17, 15) is 14.4 Å². The van der Waals surface area contributed by atoms with Crippen LogP contribution < -0.4 is 16.0 Å². The van der Waals surface area contributed by atoms with Crippen LogP contribution in [0.1, 0.15) is 41.6 Å². The molecule has 0 bridgehead atoms. The topological polar surface area (TPSA) is 81.0 Å². The summed E-state index contributed by atoms with van der Waals surface area (Å²) in [7, 11) is 0. The number of allylic oxidation sites excluding steroid dienone is 1. The molecule has 1 aliphatic heterocycles. The van der Waals surface area contributed by atoms with Crippen LogP contribution in [0.5, 0.6) is 5.75 Å². The number of nitrogens with two attached hydrogens (primary N) is 1. The van der Waals surface area contributed by atoms with Crippen LogP contribution in [0.15, 0.2) is 46.6 Å². The van der Waals surface area contributed by atoms with Gasteiger partial charge in [-0.15, -0.1) is 0 Å². The number of aryl methyl sites for hydroxylation is 1. The monoisotopic (exact) mass is 337 g/mol. The van der Waals surface area contributed by atoms with Gasteiger partial charge in [0.2, 0.25) is 5.88 Å². The van der Waals surface area contributed by atoms with Crippen LogP contribution >= 0.6 is 0 Å². The van der Waals surface area contributed by atoms with Crippen LogP contribution in [0, 0.1) is 24.1 Å². The van der Waals surface area contributed by atoms with Crippen molar-refractivity contribution in [1.82, 2.24) is 4.57 Å². The number of ether oxygens (including phenoxy) is 1. The second-order valence-electron chi connectivity index (χ2n) is 6.42. The van der Waals surface area contributed by atoms with Gasteiger partial charge >= 0.3 is 0 Å². The molecule has 25 heavy (non-hydrogen) atoms. The number of nitrogens with zero attached hydrogens (tertiary/aromatic N) is 2. The minimum Gasteiger partial charge on any atom is -0.440 e. The zero-order valence-electron chi connectivity index (χ0n) is 13.6. The first-order valence-electron chi connectivity index (χ1n) is 8.11. The molecule has 0 amide bonds. The minimum atomic E-state index is -0.868. The van der Waals surface area contributed by atoms with Gasteiger partial charge in [0.05, 0.1) is 11.5 Å². The minimum absolute atomic E-state index is 0.0564. The fraction of sp³-hybridized carbons (Fsp3) is 0.263. The maximum atomic E-state index is 14.5. The molecule has 0 unspecified atom stereocenters.